The second kappa shape index (κ2) is 6.39. The van der Waals surface area contributed by atoms with Gasteiger partial charge in [0.2, 0.25) is 0 Å². The zero-order valence-corrected chi connectivity index (χ0v) is 13.7. The maximum Gasteiger partial charge on any atom is 0.251 e. The van der Waals surface area contributed by atoms with Gasteiger partial charge in [0.15, 0.2) is 11.5 Å². The quantitative estimate of drug-likeness (QED) is 0.771. The summed E-state index contributed by atoms with van der Waals surface area (Å²) in [6.07, 6.45) is 2.43. The van der Waals surface area contributed by atoms with Crippen molar-refractivity contribution in [1.29, 1.82) is 0 Å². The topological polar surface area (TPSA) is 94.9 Å². The van der Waals surface area contributed by atoms with E-state index in [9.17, 15) is 4.79 Å². The average Bonchev–Trinajstić information content (AvgIpc) is 3.08. The van der Waals surface area contributed by atoms with Crippen molar-refractivity contribution in [3.8, 4) is 22.8 Å². The summed E-state index contributed by atoms with van der Waals surface area (Å²) in [5.41, 5.74) is 2.23. The molecule has 0 atom stereocenters. The van der Waals surface area contributed by atoms with Gasteiger partial charge in [-0.15, -0.1) is 5.10 Å². The van der Waals surface area contributed by atoms with E-state index in [1.807, 2.05) is 24.4 Å². The Bertz CT molecular complexity index is 963. The maximum absolute atomic E-state index is 11.5. The number of hydrogen-bond acceptors (Lipinski definition) is 6. The first-order chi connectivity index (χ1) is 12.2. The van der Waals surface area contributed by atoms with Crippen LogP contribution in [0.25, 0.3) is 11.3 Å². The molecule has 2 aromatic heterocycles. The van der Waals surface area contributed by atoms with Crippen LogP contribution in [-0.2, 0) is 13.0 Å². The SMILES string of the molecule is Cc1cc(=O)[nH]c(CCn2cc(-c3ccc4c(c3)OCCO4)nn2)n1. The molecule has 1 aliphatic rings. The molecular formula is C17H17N5O3. The van der Waals surface area contributed by atoms with Crippen LogP contribution in [0.15, 0.2) is 35.3 Å². The number of aromatic nitrogens is 5. The van der Waals surface area contributed by atoms with Gasteiger partial charge in [-0.1, -0.05) is 5.21 Å². The van der Waals surface area contributed by atoms with Crippen molar-refractivity contribution in [1.82, 2.24) is 25.0 Å². The van der Waals surface area contributed by atoms with E-state index in [0.29, 0.717) is 37.7 Å². The summed E-state index contributed by atoms with van der Waals surface area (Å²) in [5.74, 6) is 2.11. The number of nitrogens with one attached hydrogen (secondary N) is 1. The molecule has 0 fully saturated rings. The van der Waals surface area contributed by atoms with E-state index < -0.39 is 0 Å². The number of fused-ring (bicyclic) bond motifs is 1. The van der Waals surface area contributed by atoms with Crippen LogP contribution >= 0.6 is 0 Å². The molecular weight excluding hydrogens is 322 g/mol. The third kappa shape index (κ3) is 3.37. The van der Waals surface area contributed by atoms with Crippen molar-refractivity contribution in [2.24, 2.45) is 0 Å². The molecule has 0 unspecified atom stereocenters. The Morgan fingerprint density at radius 3 is 2.88 bits per heavy atom. The van der Waals surface area contributed by atoms with Crippen molar-refractivity contribution in [2.45, 2.75) is 19.9 Å². The zero-order valence-electron chi connectivity index (χ0n) is 13.7. The Morgan fingerprint density at radius 1 is 1.20 bits per heavy atom. The van der Waals surface area contributed by atoms with Crippen LogP contribution in [0.2, 0.25) is 0 Å². The van der Waals surface area contributed by atoms with E-state index in [1.165, 1.54) is 6.07 Å². The number of aryl methyl sites for hydroxylation is 3. The van der Waals surface area contributed by atoms with Gasteiger partial charge in [0.1, 0.15) is 24.7 Å². The fourth-order valence-electron chi connectivity index (χ4n) is 2.72. The molecule has 0 saturated carbocycles. The molecule has 1 aliphatic heterocycles. The average molecular weight is 339 g/mol. The Kier molecular flexibility index (Phi) is 3.93. The monoisotopic (exact) mass is 339 g/mol. The molecule has 1 aromatic carbocycles. The second-order valence-electron chi connectivity index (χ2n) is 5.81. The van der Waals surface area contributed by atoms with E-state index in [4.69, 9.17) is 9.47 Å². The maximum atomic E-state index is 11.5. The lowest BCUT2D eigenvalue weighted by Gasteiger charge is -2.18. The van der Waals surface area contributed by atoms with Gasteiger partial charge >= 0.3 is 0 Å². The summed E-state index contributed by atoms with van der Waals surface area (Å²) in [7, 11) is 0. The molecule has 128 valence electrons. The highest BCUT2D eigenvalue weighted by molar-refractivity contribution is 5.63. The standard InChI is InChI=1S/C17H17N5O3/c1-11-8-17(23)19-16(18-11)4-5-22-10-13(20-21-22)12-2-3-14-15(9-12)25-7-6-24-14/h2-3,8-10H,4-7H2,1H3,(H,18,19,23). The number of rotatable bonds is 4. The molecule has 0 amide bonds. The Labute approximate surface area is 143 Å². The van der Waals surface area contributed by atoms with E-state index in [-0.39, 0.29) is 5.56 Å². The van der Waals surface area contributed by atoms with Gasteiger partial charge in [0.25, 0.3) is 5.56 Å². The molecule has 0 aliphatic carbocycles. The third-order valence-electron chi connectivity index (χ3n) is 3.87. The first-order valence-corrected chi connectivity index (χ1v) is 8.04. The predicted molar refractivity (Wildman–Crippen MR) is 89.7 cm³/mol. The number of aromatic amines is 1. The number of ether oxygens (including phenoxy) is 2. The Morgan fingerprint density at radius 2 is 2.04 bits per heavy atom. The van der Waals surface area contributed by atoms with Gasteiger partial charge in [0.05, 0.1) is 6.20 Å². The summed E-state index contributed by atoms with van der Waals surface area (Å²) in [4.78, 5) is 18.5. The van der Waals surface area contributed by atoms with Crippen LogP contribution in [0, 0.1) is 6.92 Å². The van der Waals surface area contributed by atoms with Gasteiger partial charge in [0, 0.05) is 30.3 Å². The highest BCUT2D eigenvalue weighted by Gasteiger charge is 2.14. The summed E-state index contributed by atoms with van der Waals surface area (Å²) in [6.45, 7) is 3.49. The molecule has 8 nitrogen and oxygen atoms in total. The highest BCUT2D eigenvalue weighted by atomic mass is 16.6. The van der Waals surface area contributed by atoms with E-state index >= 15 is 0 Å². The molecule has 0 bridgehead atoms. The Hall–Kier alpha value is -3.16. The largest absolute Gasteiger partial charge is 0.486 e. The molecule has 3 aromatic rings. The fourth-order valence-corrected chi connectivity index (χ4v) is 2.72. The molecule has 0 saturated heterocycles. The molecule has 4 rings (SSSR count). The van der Waals surface area contributed by atoms with Crippen LogP contribution in [0.3, 0.4) is 0 Å². The zero-order chi connectivity index (χ0) is 17.2. The number of H-pyrrole nitrogens is 1. The highest BCUT2D eigenvalue weighted by Crippen LogP contribution is 2.33. The van der Waals surface area contributed by atoms with E-state index in [2.05, 4.69) is 20.3 Å². The van der Waals surface area contributed by atoms with Crippen molar-refractivity contribution in [3.05, 3.63) is 52.3 Å². The molecule has 0 spiro atoms. The lowest BCUT2D eigenvalue weighted by Crippen LogP contribution is -2.15. The van der Waals surface area contributed by atoms with Gasteiger partial charge in [-0.3, -0.25) is 9.48 Å². The lowest BCUT2D eigenvalue weighted by atomic mass is 10.1. The first kappa shape index (κ1) is 15.4. The first-order valence-electron chi connectivity index (χ1n) is 8.04. The van der Waals surface area contributed by atoms with Crippen LogP contribution in [0.4, 0.5) is 0 Å². The summed E-state index contributed by atoms with van der Waals surface area (Å²) in [6, 6.07) is 7.19. The van der Waals surface area contributed by atoms with Crippen LogP contribution in [-0.4, -0.2) is 38.2 Å². The van der Waals surface area contributed by atoms with Crippen molar-refractivity contribution in [3.63, 3.8) is 0 Å². The third-order valence-corrected chi connectivity index (χ3v) is 3.87. The Balaban J connectivity index is 1.49. The molecule has 0 radical (unpaired) electrons. The number of benzene rings is 1. The van der Waals surface area contributed by atoms with Crippen molar-refractivity contribution < 1.29 is 9.47 Å². The normalized spacial score (nSPS) is 13.0. The number of hydrogen-bond donors (Lipinski definition) is 1. The summed E-state index contributed by atoms with van der Waals surface area (Å²) >= 11 is 0. The minimum atomic E-state index is -0.141. The molecule has 1 N–H and O–H groups in total. The van der Waals surface area contributed by atoms with Gasteiger partial charge in [-0.05, 0) is 25.1 Å². The number of nitrogens with zero attached hydrogens (tertiary/aromatic N) is 4. The molecule has 25 heavy (non-hydrogen) atoms. The summed E-state index contributed by atoms with van der Waals surface area (Å²) < 4.78 is 12.9. The van der Waals surface area contributed by atoms with Gasteiger partial charge in [-0.2, -0.15) is 0 Å². The van der Waals surface area contributed by atoms with Crippen molar-refractivity contribution in [2.75, 3.05) is 13.2 Å². The molecule has 8 heteroatoms. The summed E-state index contributed by atoms with van der Waals surface area (Å²) in [5, 5.41) is 8.35. The second-order valence-corrected chi connectivity index (χ2v) is 5.81. The van der Waals surface area contributed by atoms with Gasteiger partial charge in [-0.25, -0.2) is 4.98 Å². The smallest absolute Gasteiger partial charge is 0.251 e. The van der Waals surface area contributed by atoms with Crippen LogP contribution in [0.5, 0.6) is 11.5 Å². The fraction of sp³-hybridized carbons (Fsp3) is 0.294. The van der Waals surface area contributed by atoms with Crippen molar-refractivity contribution >= 4 is 0 Å². The lowest BCUT2D eigenvalue weighted by molar-refractivity contribution is 0.171. The van der Waals surface area contributed by atoms with Crippen LogP contribution in [0.1, 0.15) is 11.5 Å². The minimum absolute atomic E-state index is 0.141. The van der Waals surface area contributed by atoms with E-state index in [1.54, 1.807) is 11.6 Å². The molecule has 3 heterocycles. The minimum Gasteiger partial charge on any atom is -0.486 e. The predicted octanol–water partition coefficient (Wildman–Crippen LogP) is 1.35. The van der Waals surface area contributed by atoms with Gasteiger partial charge < -0.3 is 14.5 Å². The van der Waals surface area contributed by atoms with E-state index in [0.717, 1.165) is 22.8 Å². The van der Waals surface area contributed by atoms with Crippen LogP contribution < -0.4 is 15.0 Å².